The largest absolute Gasteiger partial charge is 0.469 e. The molecule has 1 aromatic carbocycles. The van der Waals surface area contributed by atoms with E-state index in [4.69, 9.17) is 8.83 Å². The van der Waals surface area contributed by atoms with Gasteiger partial charge in [0.1, 0.15) is 11.3 Å². The van der Waals surface area contributed by atoms with E-state index < -0.39 is 23.4 Å². The molecule has 0 radical (unpaired) electrons. The van der Waals surface area contributed by atoms with Crippen LogP contribution in [0.5, 0.6) is 0 Å². The van der Waals surface area contributed by atoms with Crippen molar-refractivity contribution in [3.8, 4) is 11.5 Å². The molecule has 10 nitrogen and oxygen atoms in total. The summed E-state index contributed by atoms with van der Waals surface area (Å²) in [5, 5.41) is 11.4. The van der Waals surface area contributed by atoms with Crippen LogP contribution >= 0.6 is 11.8 Å². The van der Waals surface area contributed by atoms with Crippen LogP contribution in [0.4, 0.5) is 4.79 Å². The SMILES string of the molecule is CCC1(c2ccccc2)NC(=O)N(NC(=O)CSc2nnc(-c3ccoc3C)o2)C1=O. The third-order valence-corrected chi connectivity index (χ3v) is 5.77. The molecule has 0 spiro atoms. The maximum absolute atomic E-state index is 13.0. The van der Waals surface area contributed by atoms with Gasteiger partial charge in [-0.15, -0.1) is 10.2 Å². The zero-order chi connectivity index (χ0) is 22.0. The number of hydrogen-bond donors (Lipinski definition) is 2. The van der Waals surface area contributed by atoms with Crippen molar-refractivity contribution >= 4 is 29.6 Å². The van der Waals surface area contributed by atoms with E-state index in [0.29, 0.717) is 28.3 Å². The van der Waals surface area contributed by atoms with Crippen molar-refractivity contribution in [2.24, 2.45) is 0 Å². The molecule has 1 aliphatic heterocycles. The Kier molecular flexibility index (Phi) is 5.51. The molecule has 0 saturated carbocycles. The smallest absolute Gasteiger partial charge is 0.344 e. The number of hydrogen-bond acceptors (Lipinski definition) is 8. The number of rotatable bonds is 7. The van der Waals surface area contributed by atoms with Crippen molar-refractivity contribution < 1.29 is 23.2 Å². The number of nitrogens with one attached hydrogen (secondary N) is 2. The van der Waals surface area contributed by atoms with Gasteiger partial charge in [-0.1, -0.05) is 49.0 Å². The van der Waals surface area contributed by atoms with E-state index >= 15 is 0 Å². The summed E-state index contributed by atoms with van der Waals surface area (Å²) in [6.07, 6.45) is 1.85. The molecule has 1 saturated heterocycles. The lowest BCUT2D eigenvalue weighted by Gasteiger charge is -2.25. The average molecular weight is 441 g/mol. The predicted octanol–water partition coefficient (Wildman–Crippen LogP) is 2.62. The lowest BCUT2D eigenvalue weighted by molar-refractivity contribution is -0.138. The summed E-state index contributed by atoms with van der Waals surface area (Å²) in [4.78, 5) is 37.8. The number of aromatic nitrogens is 2. The Morgan fingerprint density at radius 3 is 2.68 bits per heavy atom. The molecule has 0 aliphatic carbocycles. The number of thioether (sulfide) groups is 1. The second-order valence-electron chi connectivity index (χ2n) is 6.78. The van der Waals surface area contributed by atoms with Gasteiger partial charge in [-0.25, -0.2) is 4.79 Å². The Bertz CT molecular complexity index is 1130. The first-order valence-electron chi connectivity index (χ1n) is 9.47. The summed E-state index contributed by atoms with van der Waals surface area (Å²) in [6, 6.07) is 9.93. The number of benzene rings is 1. The van der Waals surface area contributed by atoms with Gasteiger partial charge in [0.05, 0.1) is 17.6 Å². The minimum absolute atomic E-state index is 0.131. The zero-order valence-corrected chi connectivity index (χ0v) is 17.6. The van der Waals surface area contributed by atoms with E-state index in [0.717, 1.165) is 11.8 Å². The summed E-state index contributed by atoms with van der Waals surface area (Å²) in [6.45, 7) is 3.56. The third kappa shape index (κ3) is 3.79. The highest BCUT2D eigenvalue weighted by molar-refractivity contribution is 7.99. The zero-order valence-electron chi connectivity index (χ0n) is 16.7. The normalized spacial score (nSPS) is 18.3. The molecule has 11 heteroatoms. The molecule has 1 atom stereocenters. The Balaban J connectivity index is 1.40. The minimum atomic E-state index is -1.22. The Labute approximate surface area is 181 Å². The maximum atomic E-state index is 13.0. The lowest BCUT2D eigenvalue weighted by atomic mass is 9.87. The van der Waals surface area contributed by atoms with Crippen LogP contribution in [0.3, 0.4) is 0 Å². The second kappa shape index (κ2) is 8.26. The molecule has 3 aromatic rings. The average Bonchev–Trinajstić information content (AvgIpc) is 3.47. The van der Waals surface area contributed by atoms with Crippen LogP contribution in [-0.4, -0.2) is 38.8 Å². The van der Waals surface area contributed by atoms with Crippen LogP contribution in [0.2, 0.25) is 0 Å². The third-order valence-electron chi connectivity index (χ3n) is 4.95. The molecule has 31 heavy (non-hydrogen) atoms. The summed E-state index contributed by atoms with van der Waals surface area (Å²) in [5.41, 5.74) is 2.45. The number of furan rings is 1. The second-order valence-corrected chi connectivity index (χ2v) is 7.71. The van der Waals surface area contributed by atoms with Gasteiger partial charge in [0.2, 0.25) is 5.91 Å². The van der Waals surface area contributed by atoms with Gasteiger partial charge in [0.25, 0.3) is 17.0 Å². The fourth-order valence-corrected chi connectivity index (χ4v) is 3.86. The van der Waals surface area contributed by atoms with E-state index in [1.54, 1.807) is 44.2 Å². The summed E-state index contributed by atoms with van der Waals surface area (Å²) >= 11 is 0.988. The van der Waals surface area contributed by atoms with E-state index in [-0.39, 0.29) is 16.9 Å². The van der Waals surface area contributed by atoms with Gasteiger partial charge in [-0.3, -0.25) is 15.0 Å². The van der Waals surface area contributed by atoms with Crippen LogP contribution in [-0.2, 0) is 15.1 Å². The monoisotopic (exact) mass is 441 g/mol. The molecule has 1 fully saturated rings. The highest BCUT2D eigenvalue weighted by Crippen LogP contribution is 2.31. The molecular weight excluding hydrogens is 422 g/mol. The van der Waals surface area contributed by atoms with E-state index in [1.807, 2.05) is 6.07 Å². The van der Waals surface area contributed by atoms with Crippen LogP contribution in [0, 0.1) is 6.92 Å². The van der Waals surface area contributed by atoms with Crippen LogP contribution < -0.4 is 10.7 Å². The molecule has 1 unspecified atom stereocenters. The summed E-state index contributed by atoms with van der Waals surface area (Å²) in [5.74, 6) is -0.325. The molecule has 0 bridgehead atoms. The Morgan fingerprint density at radius 2 is 2.00 bits per heavy atom. The van der Waals surface area contributed by atoms with Crippen molar-refractivity contribution in [3.05, 3.63) is 54.0 Å². The molecule has 3 heterocycles. The molecule has 2 aromatic heterocycles. The van der Waals surface area contributed by atoms with Crippen molar-refractivity contribution in [1.82, 2.24) is 25.9 Å². The number of aryl methyl sites for hydroxylation is 1. The van der Waals surface area contributed by atoms with Gasteiger partial charge in [0, 0.05) is 0 Å². The number of hydrazine groups is 1. The standard InChI is InChI=1S/C20H19N5O5S/c1-3-20(13-7-5-4-6-8-13)17(27)25(18(28)21-20)24-15(26)11-31-19-23-22-16(30-19)14-9-10-29-12(14)2/h4-10H,3,11H2,1-2H3,(H,21,28)(H,24,26). The summed E-state index contributed by atoms with van der Waals surface area (Å²) in [7, 11) is 0. The van der Waals surface area contributed by atoms with Crippen molar-refractivity contribution in [2.45, 2.75) is 31.0 Å². The molecule has 160 valence electrons. The van der Waals surface area contributed by atoms with Crippen LogP contribution in [0.1, 0.15) is 24.7 Å². The van der Waals surface area contributed by atoms with Gasteiger partial charge in [0.15, 0.2) is 0 Å². The molecular formula is C20H19N5O5S. The van der Waals surface area contributed by atoms with E-state index in [2.05, 4.69) is 20.9 Å². The number of urea groups is 1. The predicted molar refractivity (Wildman–Crippen MR) is 109 cm³/mol. The maximum Gasteiger partial charge on any atom is 0.344 e. The van der Waals surface area contributed by atoms with Gasteiger partial charge < -0.3 is 14.2 Å². The lowest BCUT2D eigenvalue weighted by Crippen LogP contribution is -2.49. The molecule has 4 rings (SSSR count). The van der Waals surface area contributed by atoms with Crippen molar-refractivity contribution in [3.63, 3.8) is 0 Å². The minimum Gasteiger partial charge on any atom is -0.469 e. The molecule has 1 aliphatic rings. The van der Waals surface area contributed by atoms with Crippen molar-refractivity contribution in [2.75, 3.05) is 5.75 Å². The number of amides is 4. The molecule has 4 amide bonds. The summed E-state index contributed by atoms with van der Waals surface area (Å²) < 4.78 is 10.7. The first kappa shape index (κ1) is 20.7. The number of carbonyl (C=O) groups excluding carboxylic acids is 3. The van der Waals surface area contributed by atoms with E-state index in [9.17, 15) is 14.4 Å². The quantitative estimate of drug-likeness (QED) is 0.423. The number of carbonyl (C=O) groups is 3. The number of nitrogens with zero attached hydrogens (tertiary/aromatic N) is 3. The van der Waals surface area contributed by atoms with Gasteiger partial charge in [-0.05, 0) is 25.0 Å². The first-order valence-corrected chi connectivity index (χ1v) is 10.5. The molecule has 2 N–H and O–H groups in total. The number of imide groups is 1. The van der Waals surface area contributed by atoms with Crippen molar-refractivity contribution in [1.29, 1.82) is 0 Å². The first-order chi connectivity index (χ1) is 14.9. The topological polar surface area (TPSA) is 131 Å². The Hall–Kier alpha value is -3.60. The fourth-order valence-electron chi connectivity index (χ4n) is 3.31. The fraction of sp³-hybridized carbons (Fsp3) is 0.250. The van der Waals surface area contributed by atoms with Crippen LogP contribution in [0.25, 0.3) is 11.5 Å². The van der Waals surface area contributed by atoms with E-state index in [1.165, 1.54) is 6.26 Å². The Morgan fingerprint density at radius 1 is 1.23 bits per heavy atom. The highest BCUT2D eigenvalue weighted by atomic mass is 32.2. The van der Waals surface area contributed by atoms with Crippen LogP contribution in [0.15, 0.2) is 56.7 Å². The van der Waals surface area contributed by atoms with Gasteiger partial charge in [-0.2, -0.15) is 5.01 Å². The highest BCUT2D eigenvalue weighted by Gasteiger charge is 2.52. The van der Waals surface area contributed by atoms with Gasteiger partial charge >= 0.3 is 6.03 Å².